The van der Waals surface area contributed by atoms with Gasteiger partial charge in [-0.3, -0.25) is 4.79 Å². The summed E-state index contributed by atoms with van der Waals surface area (Å²) in [5.41, 5.74) is 0. The summed E-state index contributed by atoms with van der Waals surface area (Å²) in [5, 5.41) is 3.37. The molecule has 2 saturated heterocycles. The molecule has 4 heteroatoms. The van der Waals surface area contributed by atoms with Crippen LogP contribution in [0.15, 0.2) is 0 Å². The molecule has 2 unspecified atom stereocenters. The van der Waals surface area contributed by atoms with E-state index in [0.717, 1.165) is 24.6 Å². The van der Waals surface area contributed by atoms with E-state index in [2.05, 4.69) is 5.32 Å². The number of rotatable bonds is 1. The lowest BCUT2D eigenvalue weighted by molar-refractivity contribution is -0.150. The molecule has 74 valence electrons. The maximum absolute atomic E-state index is 11.5. The van der Waals surface area contributed by atoms with E-state index in [-0.39, 0.29) is 11.9 Å². The fraction of sp³-hybridized carbons (Fsp3) is 0.889. The highest BCUT2D eigenvalue weighted by molar-refractivity contribution is 7.99. The first-order chi connectivity index (χ1) is 6.33. The zero-order valence-corrected chi connectivity index (χ0v) is 8.60. The smallest absolute Gasteiger partial charge is 0.309 e. The van der Waals surface area contributed by atoms with Crippen LogP contribution in [0.4, 0.5) is 0 Å². The zero-order valence-electron chi connectivity index (χ0n) is 7.79. The van der Waals surface area contributed by atoms with Crippen molar-refractivity contribution in [3.63, 3.8) is 0 Å². The minimum Gasteiger partial charge on any atom is -0.469 e. The summed E-state index contributed by atoms with van der Waals surface area (Å²) in [5.74, 6) is 3.34. The van der Waals surface area contributed by atoms with Crippen molar-refractivity contribution >= 4 is 17.7 Å². The lowest BCUT2D eigenvalue weighted by atomic mass is 9.80. The molecular weight excluding hydrogens is 186 g/mol. The highest BCUT2D eigenvalue weighted by Crippen LogP contribution is 2.35. The van der Waals surface area contributed by atoms with E-state index >= 15 is 0 Å². The van der Waals surface area contributed by atoms with Gasteiger partial charge < -0.3 is 10.1 Å². The average Bonchev–Trinajstić information content (AvgIpc) is 2.15. The second-order valence-electron chi connectivity index (χ2n) is 3.76. The molecule has 2 aliphatic rings. The van der Waals surface area contributed by atoms with Crippen molar-refractivity contribution in [3.05, 3.63) is 0 Å². The topological polar surface area (TPSA) is 38.3 Å². The van der Waals surface area contributed by atoms with Gasteiger partial charge in [-0.25, -0.2) is 0 Å². The van der Waals surface area contributed by atoms with Crippen LogP contribution in [0.1, 0.15) is 0 Å². The number of methoxy groups -OCH3 is 1. The molecule has 2 aliphatic heterocycles. The van der Waals surface area contributed by atoms with Crippen molar-refractivity contribution in [3.8, 4) is 0 Å². The monoisotopic (exact) mass is 201 g/mol. The summed E-state index contributed by atoms with van der Waals surface area (Å²) >= 11 is 1.97. The van der Waals surface area contributed by atoms with Crippen LogP contribution < -0.4 is 5.32 Å². The lowest BCUT2D eigenvalue weighted by Gasteiger charge is -2.40. The van der Waals surface area contributed by atoms with Crippen LogP contribution in [-0.4, -0.2) is 37.7 Å². The minimum absolute atomic E-state index is 0.00296. The van der Waals surface area contributed by atoms with Crippen LogP contribution in [0.5, 0.6) is 0 Å². The third-order valence-electron chi connectivity index (χ3n) is 2.97. The first-order valence-electron chi connectivity index (χ1n) is 4.69. The van der Waals surface area contributed by atoms with Gasteiger partial charge in [0.2, 0.25) is 0 Å². The highest BCUT2D eigenvalue weighted by Gasteiger charge is 2.41. The molecule has 3 nitrogen and oxygen atoms in total. The van der Waals surface area contributed by atoms with Gasteiger partial charge in [0, 0.05) is 0 Å². The predicted octanol–water partition coefficient (Wildman–Crippen LogP) is 0.358. The molecule has 0 saturated carbocycles. The number of ether oxygens (including phenoxy) is 1. The maximum atomic E-state index is 11.5. The summed E-state index contributed by atoms with van der Waals surface area (Å²) < 4.78 is 4.85. The summed E-state index contributed by atoms with van der Waals surface area (Å²) in [7, 11) is 1.49. The van der Waals surface area contributed by atoms with Crippen LogP contribution >= 0.6 is 11.8 Å². The Hall–Kier alpha value is -0.220. The van der Waals surface area contributed by atoms with E-state index in [1.54, 1.807) is 0 Å². The van der Waals surface area contributed by atoms with Gasteiger partial charge in [-0.15, -0.1) is 0 Å². The number of piperidine rings is 1. The maximum Gasteiger partial charge on any atom is 0.309 e. The number of carbonyl (C=O) groups is 1. The molecule has 0 aromatic rings. The lowest BCUT2D eigenvalue weighted by Crippen LogP contribution is -2.51. The van der Waals surface area contributed by atoms with E-state index in [1.807, 2.05) is 11.8 Å². The molecule has 2 fully saturated rings. The summed E-state index contributed by atoms with van der Waals surface area (Å²) in [4.78, 5) is 11.5. The fourth-order valence-electron chi connectivity index (χ4n) is 2.31. The minimum atomic E-state index is -0.00296. The summed E-state index contributed by atoms with van der Waals surface area (Å²) in [6, 6.07) is 0. The van der Waals surface area contributed by atoms with Crippen LogP contribution in [0.3, 0.4) is 0 Å². The number of carbonyl (C=O) groups excluding carboxylic acids is 1. The summed E-state index contributed by atoms with van der Waals surface area (Å²) in [6.07, 6.45) is 0. The van der Waals surface area contributed by atoms with Gasteiger partial charge in [-0.05, 0) is 36.4 Å². The van der Waals surface area contributed by atoms with Gasteiger partial charge in [-0.2, -0.15) is 11.8 Å². The first-order valence-corrected chi connectivity index (χ1v) is 5.84. The van der Waals surface area contributed by atoms with Gasteiger partial charge in [-0.1, -0.05) is 0 Å². The van der Waals surface area contributed by atoms with Crippen LogP contribution in [-0.2, 0) is 9.53 Å². The van der Waals surface area contributed by atoms with Crippen LogP contribution in [0.2, 0.25) is 0 Å². The Kier molecular flexibility index (Phi) is 2.79. The quantitative estimate of drug-likeness (QED) is 0.622. The van der Waals surface area contributed by atoms with E-state index < -0.39 is 0 Å². The molecule has 2 heterocycles. The van der Waals surface area contributed by atoms with E-state index in [1.165, 1.54) is 7.11 Å². The number of nitrogens with one attached hydrogen (secondary N) is 1. The second-order valence-corrected chi connectivity index (χ2v) is 4.84. The number of thioether (sulfide) groups is 1. The standard InChI is InChI=1S/C9H15NO2S/c1-12-9(11)8-6-2-10-3-7(8)5-13-4-6/h6-8,10H,2-5H2,1H3. The van der Waals surface area contributed by atoms with Crippen molar-refractivity contribution in [2.75, 3.05) is 31.7 Å². The van der Waals surface area contributed by atoms with Gasteiger partial charge >= 0.3 is 5.97 Å². The van der Waals surface area contributed by atoms with Gasteiger partial charge in [0.15, 0.2) is 0 Å². The zero-order chi connectivity index (χ0) is 9.26. The Morgan fingerprint density at radius 1 is 1.38 bits per heavy atom. The number of esters is 1. The van der Waals surface area contributed by atoms with E-state index in [9.17, 15) is 4.79 Å². The van der Waals surface area contributed by atoms with Crippen molar-refractivity contribution in [2.45, 2.75) is 0 Å². The number of fused-ring (bicyclic) bond motifs is 2. The molecule has 0 spiro atoms. The Morgan fingerprint density at radius 2 is 2.00 bits per heavy atom. The highest BCUT2D eigenvalue weighted by atomic mass is 32.2. The molecule has 0 amide bonds. The van der Waals surface area contributed by atoms with Crippen molar-refractivity contribution in [1.82, 2.24) is 5.32 Å². The van der Waals surface area contributed by atoms with E-state index in [0.29, 0.717) is 11.8 Å². The Labute approximate surface area is 82.6 Å². The third kappa shape index (κ3) is 1.70. The molecule has 0 radical (unpaired) electrons. The molecular formula is C9H15NO2S. The van der Waals surface area contributed by atoms with Crippen molar-refractivity contribution in [2.24, 2.45) is 17.8 Å². The first kappa shape index (κ1) is 9.34. The van der Waals surface area contributed by atoms with Gasteiger partial charge in [0.05, 0.1) is 13.0 Å². The fourth-order valence-corrected chi connectivity index (χ4v) is 3.70. The summed E-state index contributed by atoms with van der Waals surface area (Å²) in [6.45, 7) is 1.95. The van der Waals surface area contributed by atoms with Gasteiger partial charge in [0.25, 0.3) is 0 Å². The van der Waals surface area contributed by atoms with E-state index in [4.69, 9.17) is 4.74 Å². The Morgan fingerprint density at radius 3 is 2.54 bits per heavy atom. The van der Waals surface area contributed by atoms with Gasteiger partial charge in [0.1, 0.15) is 0 Å². The van der Waals surface area contributed by atoms with Crippen molar-refractivity contribution < 1.29 is 9.53 Å². The largest absolute Gasteiger partial charge is 0.469 e. The molecule has 13 heavy (non-hydrogen) atoms. The van der Waals surface area contributed by atoms with Crippen LogP contribution in [0.25, 0.3) is 0 Å². The van der Waals surface area contributed by atoms with Crippen molar-refractivity contribution in [1.29, 1.82) is 0 Å². The Balaban J connectivity index is 2.10. The SMILES string of the molecule is COC(=O)C1C2CNCC1CSC2. The molecule has 0 aliphatic carbocycles. The number of hydrogen-bond acceptors (Lipinski definition) is 4. The molecule has 0 aromatic heterocycles. The molecule has 0 aromatic carbocycles. The average molecular weight is 201 g/mol. The Bertz CT molecular complexity index is 188. The normalized spacial score (nSPS) is 38.4. The number of hydrogen-bond donors (Lipinski definition) is 1. The third-order valence-corrected chi connectivity index (χ3v) is 4.29. The molecule has 2 rings (SSSR count). The molecule has 1 N–H and O–H groups in total. The molecule has 2 atom stereocenters. The predicted molar refractivity (Wildman–Crippen MR) is 52.7 cm³/mol. The van der Waals surface area contributed by atoms with Crippen LogP contribution in [0, 0.1) is 17.8 Å². The molecule has 2 bridgehead atoms. The second kappa shape index (κ2) is 3.88.